The van der Waals surface area contributed by atoms with Gasteiger partial charge in [0.25, 0.3) is 0 Å². The minimum Gasteiger partial charge on any atom is -0.489 e. The third-order valence-electron chi connectivity index (χ3n) is 7.94. The lowest BCUT2D eigenvalue weighted by Crippen LogP contribution is -2.57. The summed E-state index contributed by atoms with van der Waals surface area (Å²) in [6.07, 6.45) is 3.62. The predicted octanol–water partition coefficient (Wildman–Crippen LogP) is 5.48. The fraction of sp³-hybridized carbons (Fsp3) is 0.433. The van der Waals surface area contributed by atoms with E-state index in [9.17, 15) is 0 Å². The normalized spacial score (nSPS) is 19.9. The van der Waals surface area contributed by atoms with Crippen LogP contribution in [0.4, 0.5) is 20.2 Å². The molecule has 2 aromatic carbocycles. The van der Waals surface area contributed by atoms with Crippen LogP contribution < -0.4 is 15.0 Å². The molecule has 8 nitrogen and oxygen atoms in total. The van der Waals surface area contributed by atoms with Gasteiger partial charge < -0.3 is 19.5 Å². The summed E-state index contributed by atoms with van der Waals surface area (Å²) in [5.41, 5.74) is 3.04. The molecular weight excluding hydrogens is 512 g/mol. The second-order valence-corrected chi connectivity index (χ2v) is 11.0. The van der Waals surface area contributed by atoms with Crippen LogP contribution in [0.25, 0.3) is 11.0 Å². The van der Waals surface area contributed by atoms with Crippen LogP contribution in [0.5, 0.6) is 5.75 Å². The van der Waals surface area contributed by atoms with E-state index in [-0.39, 0.29) is 23.9 Å². The lowest BCUT2D eigenvalue weighted by Gasteiger charge is -2.45. The summed E-state index contributed by atoms with van der Waals surface area (Å²) in [5, 5.41) is 3.23. The van der Waals surface area contributed by atoms with Crippen molar-refractivity contribution in [3.05, 3.63) is 59.6 Å². The number of hydrogen-bond donors (Lipinski definition) is 1. The molecule has 0 spiro atoms. The van der Waals surface area contributed by atoms with E-state index in [0.29, 0.717) is 29.6 Å². The number of nitrogens with one attached hydrogen (secondary N) is 1. The topological polar surface area (TPSA) is 70.3 Å². The number of imidazole rings is 1. The predicted molar refractivity (Wildman–Crippen MR) is 156 cm³/mol. The minimum atomic E-state index is -0.701. The smallest absolute Gasteiger partial charge is 0.167 e. The fourth-order valence-corrected chi connectivity index (χ4v) is 5.99. The number of fused-ring (bicyclic) bond motifs is 4. The molecule has 6 rings (SSSR count). The molecule has 1 N–H and O–H groups in total. The quantitative estimate of drug-likeness (QED) is 0.378. The highest BCUT2D eigenvalue weighted by atomic mass is 19.1. The van der Waals surface area contributed by atoms with E-state index < -0.39 is 11.6 Å². The Hall–Kier alpha value is -3.79. The molecule has 3 aromatic rings. The summed E-state index contributed by atoms with van der Waals surface area (Å²) < 4.78 is 38.3. The maximum Gasteiger partial charge on any atom is 0.167 e. The third kappa shape index (κ3) is 4.96. The Kier molecular flexibility index (Phi) is 7.04. The zero-order chi connectivity index (χ0) is 28.0. The molecule has 1 saturated carbocycles. The summed E-state index contributed by atoms with van der Waals surface area (Å²) in [7, 11) is 0. The van der Waals surface area contributed by atoms with E-state index >= 15 is 8.78 Å². The molecule has 10 heteroatoms. The first-order valence-electron chi connectivity index (χ1n) is 13.9. The number of anilines is 2. The van der Waals surface area contributed by atoms with Crippen molar-refractivity contribution >= 4 is 34.8 Å². The summed E-state index contributed by atoms with van der Waals surface area (Å²) >= 11 is 0. The van der Waals surface area contributed by atoms with Gasteiger partial charge in [0.15, 0.2) is 11.6 Å². The van der Waals surface area contributed by atoms with Gasteiger partial charge in [-0.05, 0) is 64.6 Å². The lowest BCUT2D eigenvalue weighted by molar-refractivity contribution is 0.161. The Morgan fingerprint density at radius 2 is 2.05 bits per heavy atom. The van der Waals surface area contributed by atoms with Gasteiger partial charge in [-0.1, -0.05) is 0 Å². The number of hydrogen-bond acceptors (Lipinski definition) is 7. The summed E-state index contributed by atoms with van der Waals surface area (Å²) in [4.78, 5) is 17.4. The first-order chi connectivity index (χ1) is 19.3. The maximum atomic E-state index is 15.1. The summed E-state index contributed by atoms with van der Waals surface area (Å²) in [6.45, 7) is 13.0. The van der Waals surface area contributed by atoms with Crippen LogP contribution in [-0.4, -0.2) is 71.9 Å². The average molecular weight is 548 g/mol. The molecule has 2 fully saturated rings. The van der Waals surface area contributed by atoms with Crippen molar-refractivity contribution in [2.24, 2.45) is 9.98 Å². The number of aliphatic imine (C=N–C) groups is 2. The lowest BCUT2D eigenvalue weighted by atomic mass is 10.1. The second-order valence-electron chi connectivity index (χ2n) is 11.0. The number of piperazine rings is 1. The van der Waals surface area contributed by atoms with E-state index in [2.05, 4.69) is 42.9 Å². The molecule has 1 unspecified atom stereocenters. The van der Waals surface area contributed by atoms with Crippen LogP contribution in [0.15, 0.2) is 52.3 Å². The number of nitrogens with zero attached hydrogens (tertiary/aromatic N) is 6. The number of ether oxygens (including phenoxy) is 1. The summed E-state index contributed by atoms with van der Waals surface area (Å²) in [6, 6.07) is 10.2. The van der Waals surface area contributed by atoms with Crippen molar-refractivity contribution in [2.75, 3.05) is 43.1 Å². The molecule has 3 aliphatic rings. The molecule has 1 aliphatic carbocycles. The number of allylic oxidation sites excluding steroid dienone is 1. The largest absolute Gasteiger partial charge is 0.489 e. The average Bonchev–Trinajstić information content (AvgIpc) is 3.72. The van der Waals surface area contributed by atoms with Gasteiger partial charge >= 0.3 is 0 Å². The van der Waals surface area contributed by atoms with E-state index in [4.69, 9.17) is 4.74 Å². The number of rotatable bonds is 8. The van der Waals surface area contributed by atoms with Crippen LogP contribution in [0.2, 0.25) is 0 Å². The molecule has 1 saturated heterocycles. The molecule has 1 aromatic heterocycles. The number of aromatic nitrogens is 2. The Bertz CT molecular complexity index is 1510. The van der Waals surface area contributed by atoms with Gasteiger partial charge in [-0.25, -0.2) is 13.8 Å². The second kappa shape index (κ2) is 10.6. The Balaban J connectivity index is 1.23. The van der Waals surface area contributed by atoms with E-state index in [1.165, 1.54) is 18.9 Å². The van der Waals surface area contributed by atoms with Crippen LogP contribution in [-0.2, 0) is 0 Å². The van der Waals surface area contributed by atoms with Gasteiger partial charge in [0.2, 0.25) is 0 Å². The molecule has 2 aliphatic heterocycles. The highest BCUT2D eigenvalue weighted by Gasteiger charge is 2.38. The van der Waals surface area contributed by atoms with Gasteiger partial charge in [-0.15, -0.1) is 0 Å². The zero-order valence-corrected chi connectivity index (χ0v) is 23.2. The van der Waals surface area contributed by atoms with Gasteiger partial charge in [-0.2, -0.15) is 0 Å². The van der Waals surface area contributed by atoms with Crippen molar-refractivity contribution in [1.29, 1.82) is 0 Å². The Labute approximate surface area is 233 Å². The Morgan fingerprint density at radius 1 is 1.23 bits per heavy atom. The van der Waals surface area contributed by atoms with Crippen LogP contribution >= 0.6 is 0 Å². The molecule has 40 heavy (non-hydrogen) atoms. The van der Waals surface area contributed by atoms with Gasteiger partial charge in [0.1, 0.15) is 36.1 Å². The van der Waals surface area contributed by atoms with E-state index in [1.807, 2.05) is 37.5 Å². The number of aryl methyl sites for hydroxylation is 1. The fourth-order valence-electron chi connectivity index (χ4n) is 5.99. The first-order valence-corrected chi connectivity index (χ1v) is 13.9. The van der Waals surface area contributed by atoms with Crippen molar-refractivity contribution < 1.29 is 13.5 Å². The molecule has 0 amide bonds. The highest BCUT2D eigenvalue weighted by molar-refractivity contribution is 6.12. The number of halogens is 2. The molecule has 3 heterocycles. The number of benzene rings is 2. The highest BCUT2D eigenvalue weighted by Crippen LogP contribution is 2.39. The van der Waals surface area contributed by atoms with Crippen molar-refractivity contribution in [3.8, 4) is 5.75 Å². The van der Waals surface area contributed by atoms with Crippen molar-refractivity contribution in [2.45, 2.75) is 51.7 Å². The van der Waals surface area contributed by atoms with Gasteiger partial charge in [0.05, 0.1) is 23.4 Å². The SMILES string of the molecule is C=N/C=C(F)\C(=N/CNc1ccc2c(c1)OCC1CN(C3CC3)CCN21)c1cc(F)c2nc(C)n(C(C)C)c2c1. The van der Waals surface area contributed by atoms with Crippen LogP contribution in [0, 0.1) is 12.7 Å². The molecule has 0 radical (unpaired) electrons. The zero-order valence-electron chi connectivity index (χ0n) is 23.2. The van der Waals surface area contributed by atoms with E-state index in [0.717, 1.165) is 49.0 Å². The molecule has 210 valence electrons. The standard InChI is InChI=1S/C30H35F2N7O/c1-18(2)39-19(3)36-30-24(31)11-20(12-27(30)39)29(25(32)14-33-4)35-17-34-21-5-8-26-28(13-21)40-16-23-15-37(22-6-7-22)9-10-38(23)26/h5,8,11-14,18,22-23,34H,4,6-7,9-10,15-17H2,1-3H3/b25-14+,35-29-. The maximum absolute atomic E-state index is 15.1. The Morgan fingerprint density at radius 3 is 2.80 bits per heavy atom. The molecule has 1 atom stereocenters. The third-order valence-corrected chi connectivity index (χ3v) is 7.94. The van der Waals surface area contributed by atoms with E-state index in [1.54, 1.807) is 6.07 Å². The van der Waals surface area contributed by atoms with Crippen LogP contribution in [0.1, 0.15) is 44.1 Å². The minimum absolute atomic E-state index is 0.0135. The van der Waals surface area contributed by atoms with Gasteiger partial charge in [0, 0.05) is 49.0 Å². The van der Waals surface area contributed by atoms with Crippen molar-refractivity contribution in [3.63, 3.8) is 0 Å². The first kappa shape index (κ1) is 26.4. The summed E-state index contributed by atoms with van der Waals surface area (Å²) in [5.74, 6) is 0.291. The van der Waals surface area contributed by atoms with Gasteiger partial charge in [-0.3, -0.25) is 14.9 Å². The molecule has 0 bridgehead atoms. The monoisotopic (exact) mass is 547 g/mol. The van der Waals surface area contributed by atoms with Crippen molar-refractivity contribution in [1.82, 2.24) is 14.5 Å². The molecular formula is C30H35F2N7O. The van der Waals surface area contributed by atoms with Crippen LogP contribution in [0.3, 0.4) is 0 Å².